The first-order valence-electron chi connectivity index (χ1n) is 7.91. The van der Waals surface area contributed by atoms with Crippen LogP contribution in [-0.2, 0) is 15.3 Å². The van der Waals surface area contributed by atoms with Gasteiger partial charge in [-0.25, -0.2) is 0 Å². The van der Waals surface area contributed by atoms with E-state index in [-0.39, 0.29) is 5.97 Å². The Morgan fingerprint density at radius 3 is 2.39 bits per heavy atom. The highest BCUT2D eigenvalue weighted by molar-refractivity contribution is 5.87. The van der Waals surface area contributed by atoms with Gasteiger partial charge in [-0.15, -0.1) is 0 Å². The molecule has 0 aliphatic carbocycles. The Morgan fingerprint density at radius 1 is 1.09 bits per heavy atom. The lowest BCUT2D eigenvalue weighted by molar-refractivity contribution is -0.166. The minimum absolute atomic E-state index is 0.272. The number of para-hydroxylation sites is 1. The van der Waals surface area contributed by atoms with Crippen molar-refractivity contribution in [2.45, 2.75) is 32.9 Å². The summed E-state index contributed by atoms with van der Waals surface area (Å²) in [5, 5.41) is 1.14. The number of aromatic nitrogens is 1. The van der Waals surface area contributed by atoms with Crippen molar-refractivity contribution in [2.75, 3.05) is 0 Å². The van der Waals surface area contributed by atoms with Crippen molar-refractivity contribution in [1.82, 2.24) is 4.57 Å². The molecule has 0 amide bonds. The van der Waals surface area contributed by atoms with Crippen LogP contribution in [0.15, 0.2) is 60.7 Å². The molecule has 3 rings (SSSR count). The molecule has 0 fully saturated rings. The SMILES string of the molecule is CCC(C)(OC(C)=O)n1c(-c2ccccc2)cc2ccccc21. The second-order valence-electron chi connectivity index (χ2n) is 5.91. The number of carbonyl (C=O) groups is 1. The van der Waals surface area contributed by atoms with Gasteiger partial charge in [0.25, 0.3) is 0 Å². The molecular formula is C20H21NO2. The third-order valence-electron chi connectivity index (χ3n) is 4.27. The average Bonchev–Trinajstić information content (AvgIpc) is 2.95. The Morgan fingerprint density at radius 2 is 1.74 bits per heavy atom. The first kappa shape index (κ1) is 15.3. The lowest BCUT2D eigenvalue weighted by atomic mass is 10.1. The van der Waals surface area contributed by atoms with Gasteiger partial charge in [-0.05, 0) is 24.6 Å². The van der Waals surface area contributed by atoms with Gasteiger partial charge in [-0.1, -0.05) is 55.5 Å². The molecule has 23 heavy (non-hydrogen) atoms. The van der Waals surface area contributed by atoms with E-state index in [9.17, 15) is 4.79 Å². The van der Waals surface area contributed by atoms with E-state index in [0.29, 0.717) is 6.42 Å². The molecule has 1 atom stereocenters. The van der Waals surface area contributed by atoms with Gasteiger partial charge in [0.2, 0.25) is 0 Å². The minimum Gasteiger partial charge on any atom is -0.439 e. The van der Waals surface area contributed by atoms with E-state index < -0.39 is 5.72 Å². The van der Waals surface area contributed by atoms with E-state index in [1.165, 1.54) is 6.92 Å². The van der Waals surface area contributed by atoms with Crippen LogP contribution in [0.3, 0.4) is 0 Å². The maximum Gasteiger partial charge on any atom is 0.304 e. The van der Waals surface area contributed by atoms with Crippen LogP contribution in [0.1, 0.15) is 27.2 Å². The molecule has 0 saturated heterocycles. The van der Waals surface area contributed by atoms with E-state index in [2.05, 4.69) is 34.9 Å². The molecule has 0 radical (unpaired) electrons. The molecule has 3 aromatic rings. The van der Waals surface area contributed by atoms with Gasteiger partial charge in [0.05, 0.1) is 11.2 Å². The van der Waals surface area contributed by atoms with E-state index in [1.54, 1.807) is 0 Å². The van der Waals surface area contributed by atoms with Crippen LogP contribution in [-0.4, -0.2) is 10.5 Å². The Balaban J connectivity index is 2.31. The molecule has 0 spiro atoms. The monoisotopic (exact) mass is 307 g/mol. The van der Waals surface area contributed by atoms with Crippen LogP contribution in [0.2, 0.25) is 0 Å². The van der Waals surface area contributed by atoms with Gasteiger partial charge in [0.15, 0.2) is 5.72 Å². The fourth-order valence-electron chi connectivity index (χ4n) is 3.07. The number of fused-ring (bicyclic) bond motifs is 1. The van der Waals surface area contributed by atoms with Crippen LogP contribution in [0.4, 0.5) is 0 Å². The third-order valence-corrected chi connectivity index (χ3v) is 4.27. The summed E-state index contributed by atoms with van der Waals surface area (Å²) in [7, 11) is 0. The molecule has 0 saturated carbocycles. The standard InChI is InChI=1S/C20H21NO2/c1-4-20(3,23-15(2)22)21-18-13-9-8-12-17(18)14-19(21)16-10-6-5-7-11-16/h5-14H,4H2,1-3H3. The number of rotatable bonds is 4. The maximum absolute atomic E-state index is 11.7. The average molecular weight is 307 g/mol. The van der Waals surface area contributed by atoms with Crippen LogP contribution in [0.5, 0.6) is 0 Å². The van der Waals surface area contributed by atoms with Crippen LogP contribution in [0.25, 0.3) is 22.2 Å². The molecule has 0 bridgehead atoms. The Hall–Kier alpha value is -2.55. The smallest absolute Gasteiger partial charge is 0.304 e. The summed E-state index contributed by atoms with van der Waals surface area (Å²) in [6, 6.07) is 20.5. The summed E-state index contributed by atoms with van der Waals surface area (Å²) in [5.41, 5.74) is 2.50. The number of benzene rings is 2. The van der Waals surface area contributed by atoms with Crippen molar-refractivity contribution in [3.8, 4) is 11.3 Å². The molecule has 3 heteroatoms. The number of nitrogens with zero attached hydrogens (tertiary/aromatic N) is 1. The fraction of sp³-hybridized carbons (Fsp3) is 0.250. The van der Waals surface area contributed by atoms with Crippen molar-refractivity contribution in [2.24, 2.45) is 0 Å². The first-order valence-corrected chi connectivity index (χ1v) is 7.91. The van der Waals surface area contributed by atoms with Crippen molar-refractivity contribution in [1.29, 1.82) is 0 Å². The first-order chi connectivity index (χ1) is 11.0. The summed E-state index contributed by atoms with van der Waals surface area (Å²) in [4.78, 5) is 11.7. The van der Waals surface area contributed by atoms with Crippen molar-refractivity contribution in [3.63, 3.8) is 0 Å². The van der Waals surface area contributed by atoms with Gasteiger partial charge < -0.3 is 9.30 Å². The van der Waals surface area contributed by atoms with Crippen LogP contribution < -0.4 is 0 Å². The zero-order valence-corrected chi connectivity index (χ0v) is 13.7. The normalized spacial score (nSPS) is 13.7. The molecule has 2 aromatic carbocycles. The Labute approximate surface area is 136 Å². The fourth-order valence-corrected chi connectivity index (χ4v) is 3.07. The topological polar surface area (TPSA) is 31.2 Å². The highest BCUT2D eigenvalue weighted by Crippen LogP contribution is 2.36. The predicted molar refractivity (Wildman–Crippen MR) is 93.1 cm³/mol. The van der Waals surface area contributed by atoms with E-state index in [4.69, 9.17) is 4.74 Å². The highest BCUT2D eigenvalue weighted by Gasteiger charge is 2.31. The van der Waals surface area contributed by atoms with Crippen LogP contribution in [0, 0.1) is 0 Å². The van der Waals surface area contributed by atoms with E-state index in [1.807, 2.05) is 44.2 Å². The number of carbonyl (C=O) groups excluding carboxylic acids is 1. The van der Waals surface area contributed by atoms with Gasteiger partial charge in [-0.3, -0.25) is 4.79 Å². The molecule has 1 aromatic heterocycles. The second kappa shape index (κ2) is 5.92. The lowest BCUT2D eigenvalue weighted by Gasteiger charge is -2.32. The second-order valence-corrected chi connectivity index (χ2v) is 5.91. The minimum atomic E-state index is -0.722. The number of esters is 1. The van der Waals surface area contributed by atoms with E-state index >= 15 is 0 Å². The number of hydrogen-bond acceptors (Lipinski definition) is 2. The molecule has 0 aliphatic heterocycles. The molecular weight excluding hydrogens is 286 g/mol. The van der Waals surface area contributed by atoms with E-state index in [0.717, 1.165) is 22.2 Å². The molecule has 3 nitrogen and oxygen atoms in total. The summed E-state index contributed by atoms with van der Waals surface area (Å²) < 4.78 is 7.86. The number of ether oxygens (including phenoxy) is 1. The zero-order valence-electron chi connectivity index (χ0n) is 13.7. The molecule has 118 valence electrons. The Kier molecular flexibility index (Phi) is 3.95. The summed E-state index contributed by atoms with van der Waals surface area (Å²) in [6.45, 7) is 5.46. The maximum atomic E-state index is 11.7. The quantitative estimate of drug-likeness (QED) is 0.638. The summed E-state index contributed by atoms with van der Waals surface area (Å²) in [6.07, 6.45) is 0.686. The zero-order chi connectivity index (χ0) is 16.4. The van der Waals surface area contributed by atoms with Gasteiger partial charge in [-0.2, -0.15) is 0 Å². The molecule has 1 heterocycles. The third kappa shape index (κ3) is 2.74. The van der Waals surface area contributed by atoms with Crippen molar-refractivity contribution < 1.29 is 9.53 Å². The van der Waals surface area contributed by atoms with Crippen molar-refractivity contribution in [3.05, 3.63) is 60.7 Å². The summed E-state index contributed by atoms with van der Waals surface area (Å²) in [5.74, 6) is -0.272. The molecule has 0 N–H and O–H groups in total. The Bertz CT molecular complexity index is 835. The number of hydrogen-bond donors (Lipinski definition) is 0. The van der Waals surface area contributed by atoms with Gasteiger partial charge in [0, 0.05) is 18.7 Å². The van der Waals surface area contributed by atoms with Gasteiger partial charge in [0.1, 0.15) is 0 Å². The molecule has 0 aliphatic rings. The molecule has 1 unspecified atom stereocenters. The lowest BCUT2D eigenvalue weighted by Crippen LogP contribution is -2.34. The van der Waals surface area contributed by atoms with Crippen molar-refractivity contribution >= 4 is 16.9 Å². The summed E-state index contributed by atoms with van der Waals surface area (Å²) >= 11 is 0. The van der Waals surface area contributed by atoms with Gasteiger partial charge >= 0.3 is 5.97 Å². The van der Waals surface area contributed by atoms with Crippen LogP contribution >= 0.6 is 0 Å². The highest BCUT2D eigenvalue weighted by atomic mass is 16.6. The predicted octanol–water partition coefficient (Wildman–Crippen LogP) is 4.95. The largest absolute Gasteiger partial charge is 0.439 e.